The normalized spacial score (nSPS) is 10.2. The van der Waals surface area contributed by atoms with Crippen LogP contribution in [0.3, 0.4) is 0 Å². The van der Waals surface area contributed by atoms with E-state index < -0.39 is 0 Å². The Labute approximate surface area is 81.2 Å². The second kappa shape index (κ2) is 3.15. The van der Waals surface area contributed by atoms with Gasteiger partial charge in [-0.05, 0) is 17.5 Å². The minimum absolute atomic E-state index is 0.985. The highest BCUT2D eigenvalue weighted by atomic mass is 32.9. The smallest absolute Gasteiger partial charge is 0.102 e. The molecular weight excluding hydrogens is 212 g/mol. The maximum Gasteiger partial charge on any atom is 0.102 e. The van der Waals surface area contributed by atoms with Gasteiger partial charge < -0.3 is 0 Å². The van der Waals surface area contributed by atoms with Crippen molar-refractivity contribution in [2.24, 2.45) is 0 Å². The van der Waals surface area contributed by atoms with E-state index in [4.69, 9.17) is 12.2 Å². The quantitative estimate of drug-likeness (QED) is 0.507. The van der Waals surface area contributed by atoms with Crippen LogP contribution in [0.4, 0.5) is 0 Å². The molecule has 4 heteroatoms. The fraction of sp³-hybridized carbons (Fsp3) is 0. The molecule has 0 aromatic carbocycles. The van der Waals surface area contributed by atoms with Crippen molar-refractivity contribution >= 4 is 44.2 Å². The van der Waals surface area contributed by atoms with Crippen LogP contribution in [-0.2, 0) is 0 Å². The van der Waals surface area contributed by atoms with Crippen LogP contribution in [-0.4, -0.2) is 0 Å². The molecule has 0 radical (unpaired) electrons. The molecule has 0 atom stereocenters. The topological polar surface area (TPSA) is 0 Å². The molecule has 2 aromatic heterocycles. The van der Waals surface area contributed by atoms with Gasteiger partial charge in [-0.3, -0.25) is 0 Å². The molecule has 0 N–H and O–H groups in total. The van der Waals surface area contributed by atoms with Crippen molar-refractivity contribution in [1.29, 1.82) is 0 Å². The summed E-state index contributed by atoms with van der Waals surface area (Å²) >= 11 is 6.80. The van der Waals surface area contributed by atoms with Gasteiger partial charge in [-0.1, -0.05) is 39.0 Å². The summed E-state index contributed by atoms with van der Waals surface area (Å²) in [5.74, 6) is 0. The Balaban J connectivity index is 2.53. The van der Waals surface area contributed by atoms with Crippen molar-refractivity contribution in [1.82, 2.24) is 0 Å². The molecule has 0 saturated heterocycles. The van der Waals surface area contributed by atoms with E-state index in [1.54, 1.807) is 32.0 Å². The second-order valence-corrected chi connectivity index (χ2v) is 5.83. The molecule has 2 heterocycles. The van der Waals surface area contributed by atoms with Crippen LogP contribution in [0.25, 0.3) is 9.75 Å². The summed E-state index contributed by atoms with van der Waals surface area (Å²) in [5, 5.41) is 2.09. The average molecular weight is 216 g/mol. The van der Waals surface area contributed by atoms with E-state index >= 15 is 0 Å². The summed E-state index contributed by atoms with van der Waals surface area (Å²) in [5.41, 5.74) is 0. The molecule has 0 nitrogen and oxygen atoms in total. The van der Waals surface area contributed by atoms with Crippen molar-refractivity contribution < 1.29 is 0 Å². The minimum Gasteiger partial charge on any atom is -0.143 e. The molecule has 2 rings (SSSR count). The minimum atomic E-state index is 0.985. The Bertz CT molecular complexity index is 378. The zero-order chi connectivity index (χ0) is 7.68. The highest BCUT2D eigenvalue weighted by Crippen LogP contribution is 2.32. The molecule has 11 heavy (non-hydrogen) atoms. The highest BCUT2D eigenvalue weighted by molar-refractivity contribution is 7.80. The Morgan fingerprint density at radius 3 is 2.64 bits per heavy atom. The highest BCUT2D eigenvalue weighted by Gasteiger charge is 1.99. The number of rotatable bonds is 1. The predicted octanol–water partition coefficient (Wildman–Crippen LogP) is 4.27. The van der Waals surface area contributed by atoms with Crippen molar-refractivity contribution in [3.63, 3.8) is 0 Å². The summed E-state index contributed by atoms with van der Waals surface area (Å²) in [6.45, 7) is 0. The largest absolute Gasteiger partial charge is 0.143 e. The lowest BCUT2D eigenvalue weighted by Gasteiger charge is -1.83. The van der Waals surface area contributed by atoms with Crippen molar-refractivity contribution in [3.8, 4) is 9.75 Å². The van der Waals surface area contributed by atoms with Gasteiger partial charge >= 0.3 is 0 Å². The van der Waals surface area contributed by atoms with Crippen LogP contribution in [0.5, 0.6) is 0 Å². The standard InChI is InChI=1S/C7H4S4/c8-7-4-6(10-11-7)5-2-1-3-9-5/h1-4H. The van der Waals surface area contributed by atoms with Crippen molar-refractivity contribution in [2.75, 3.05) is 0 Å². The third-order valence-electron chi connectivity index (χ3n) is 1.23. The van der Waals surface area contributed by atoms with Crippen LogP contribution in [0.15, 0.2) is 23.6 Å². The van der Waals surface area contributed by atoms with Crippen LogP contribution in [0.2, 0.25) is 0 Å². The van der Waals surface area contributed by atoms with Crippen molar-refractivity contribution in [2.45, 2.75) is 0 Å². The van der Waals surface area contributed by atoms with E-state index in [1.807, 2.05) is 0 Å². The SMILES string of the molecule is S=c1cc(-c2cccs2)ss1. The van der Waals surface area contributed by atoms with E-state index in [1.165, 1.54) is 9.75 Å². The first-order valence-corrected chi connectivity index (χ1v) is 6.44. The van der Waals surface area contributed by atoms with Gasteiger partial charge in [0.1, 0.15) is 3.82 Å². The number of hydrogen-bond donors (Lipinski definition) is 0. The molecular formula is C7H4S4. The maximum absolute atomic E-state index is 5.04. The molecule has 0 aliphatic heterocycles. The van der Waals surface area contributed by atoms with Gasteiger partial charge in [-0.25, -0.2) is 0 Å². The van der Waals surface area contributed by atoms with Crippen LogP contribution in [0.1, 0.15) is 0 Å². The Morgan fingerprint density at radius 1 is 1.18 bits per heavy atom. The zero-order valence-corrected chi connectivity index (χ0v) is 8.71. The Hall–Kier alpha value is -0.0300. The fourth-order valence-electron chi connectivity index (χ4n) is 0.772. The molecule has 0 aliphatic carbocycles. The first-order chi connectivity index (χ1) is 5.36. The number of thiophene rings is 1. The average Bonchev–Trinajstić information content (AvgIpc) is 2.55. The van der Waals surface area contributed by atoms with E-state index in [0.717, 1.165) is 3.82 Å². The summed E-state index contributed by atoms with van der Waals surface area (Å²) in [4.78, 5) is 2.62. The molecule has 0 saturated carbocycles. The third kappa shape index (κ3) is 1.59. The lowest BCUT2D eigenvalue weighted by atomic mass is 10.4. The van der Waals surface area contributed by atoms with Gasteiger partial charge in [0.05, 0.1) is 4.88 Å². The third-order valence-corrected chi connectivity index (χ3v) is 5.15. The molecule has 0 unspecified atom stereocenters. The van der Waals surface area contributed by atoms with Crippen LogP contribution < -0.4 is 0 Å². The molecule has 0 fully saturated rings. The molecule has 56 valence electrons. The lowest BCUT2D eigenvalue weighted by molar-refractivity contribution is 1.94. The van der Waals surface area contributed by atoms with Crippen LogP contribution in [0, 0.1) is 3.82 Å². The Kier molecular flexibility index (Phi) is 2.18. The van der Waals surface area contributed by atoms with E-state index in [0.29, 0.717) is 0 Å². The monoisotopic (exact) mass is 216 g/mol. The number of hydrogen-bond acceptors (Lipinski definition) is 4. The molecule has 0 spiro atoms. The van der Waals surface area contributed by atoms with Gasteiger partial charge in [0, 0.05) is 4.88 Å². The molecule has 2 aromatic rings. The molecule has 0 aliphatic rings. The zero-order valence-electron chi connectivity index (χ0n) is 5.44. The van der Waals surface area contributed by atoms with E-state index in [9.17, 15) is 0 Å². The molecule has 0 bridgehead atoms. The summed E-state index contributed by atoms with van der Waals surface area (Å²) < 4.78 is 0.985. The predicted molar refractivity (Wildman–Crippen MR) is 56.3 cm³/mol. The lowest BCUT2D eigenvalue weighted by Crippen LogP contribution is -1.56. The van der Waals surface area contributed by atoms with Crippen molar-refractivity contribution in [3.05, 3.63) is 27.4 Å². The molecule has 0 amide bonds. The van der Waals surface area contributed by atoms with Gasteiger partial charge in [-0.15, -0.1) is 11.3 Å². The van der Waals surface area contributed by atoms with Gasteiger partial charge in [-0.2, -0.15) is 0 Å². The summed E-state index contributed by atoms with van der Waals surface area (Å²) in [7, 11) is 3.42. The Morgan fingerprint density at radius 2 is 2.09 bits per heavy atom. The first-order valence-electron chi connectivity index (χ1n) is 3.00. The fourth-order valence-corrected chi connectivity index (χ4v) is 4.14. The maximum atomic E-state index is 5.04. The second-order valence-electron chi connectivity index (χ2n) is 1.97. The van der Waals surface area contributed by atoms with Crippen LogP contribution >= 0.6 is 44.2 Å². The van der Waals surface area contributed by atoms with E-state index in [2.05, 4.69) is 23.6 Å². The summed E-state index contributed by atoms with van der Waals surface area (Å²) in [6.07, 6.45) is 0. The summed E-state index contributed by atoms with van der Waals surface area (Å²) in [6, 6.07) is 6.25. The van der Waals surface area contributed by atoms with Gasteiger partial charge in [0.15, 0.2) is 0 Å². The first kappa shape index (κ1) is 7.61. The van der Waals surface area contributed by atoms with Gasteiger partial charge in [0.25, 0.3) is 0 Å². The van der Waals surface area contributed by atoms with E-state index in [-0.39, 0.29) is 0 Å². The van der Waals surface area contributed by atoms with Gasteiger partial charge in [0.2, 0.25) is 0 Å².